The van der Waals surface area contributed by atoms with E-state index in [1.807, 2.05) is 0 Å². The summed E-state index contributed by atoms with van der Waals surface area (Å²) in [5.74, 6) is -0.966. The number of benzene rings is 1. The summed E-state index contributed by atoms with van der Waals surface area (Å²) >= 11 is 0. The molecule has 1 aliphatic heterocycles. The molecular formula is C13H15NO3. The number of anilines is 1. The van der Waals surface area contributed by atoms with Crippen molar-refractivity contribution >= 4 is 17.4 Å². The zero-order chi connectivity index (χ0) is 12.6. The van der Waals surface area contributed by atoms with Gasteiger partial charge in [0, 0.05) is 6.54 Å². The number of fused-ring (bicyclic) bond motifs is 1. The Morgan fingerprint density at radius 3 is 2.53 bits per heavy atom. The monoisotopic (exact) mass is 233 g/mol. The number of nitrogens with zero attached hydrogens (tertiary/aromatic N) is 1. The number of rotatable bonds is 3. The van der Waals surface area contributed by atoms with Gasteiger partial charge >= 0.3 is 0 Å². The molecule has 1 heterocycles. The fourth-order valence-corrected chi connectivity index (χ4v) is 1.86. The molecule has 1 aromatic carbocycles. The molecule has 0 aromatic heterocycles. The molecular weight excluding hydrogens is 218 g/mol. The zero-order valence-electron chi connectivity index (χ0n) is 9.93. The number of carbonyl (C=O) groups is 2. The van der Waals surface area contributed by atoms with Gasteiger partial charge in [0.2, 0.25) is 0 Å². The van der Waals surface area contributed by atoms with Gasteiger partial charge < -0.3 is 10.0 Å². The van der Waals surface area contributed by atoms with Gasteiger partial charge in [0.05, 0.1) is 16.9 Å². The Morgan fingerprint density at radius 1 is 1.24 bits per heavy atom. The van der Waals surface area contributed by atoms with E-state index in [9.17, 15) is 14.7 Å². The van der Waals surface area contributed by atoms with Gasteiger partial charge in [-0.1, -0.05) is 12.1 Å². The molecule has 1 amide bonds. The Bertz CT molecular complexity index is 474. The van der Waals surface area contributed by atoms with E-state index in [0.29, 0.717) is 24.2 Å². The second kappa shape index (κ2) is 3.96. The van der Waals surface area contributed by atoms with Crippen LogP contribution in [0.2, 0.25) is 0 Å². The van der Waals surface area contributed by atoms with Crippen molar-refractivity contribution in [3.8, 4) is 0 Å². The minimum atomic E-state index is -0.846. The maximum absolute atomic E-state index is 11.8. The van der Waals surface area contributed by atoms with Crippen molar-refractivity contribution in [1.29, 1.82) is 0 Å². The maximum Gasteiger partial charge on any atom is 0.299 e. The predicted octanol–water partition coefficient (Wildman–Crippen LogP) is 1.38. The van der Waals surface area contributed by atoms with Gasteiger partial charge in [0.25, 0.3) is 11.7 Å². The number of hydrogen-bond acceptors (Lipinski definition) is 3. The number of para-hydroxylation sites is 1. The minimum Gasteiger partial charge on any atom is -0.390 e. The maximum atomic E-state index is 11.8. The largest absolute Gasteiger partial charge is 0.390 e. The molecule has 0 radical (unpaired) electrons. The highest BCUT2D eigenvalue weighted by atomic mass is 16.3. The molecule has 4 heteroatoms. The molecule has 0 bridgehead atoms. The van der Waals surface area contributed by atoms with Gasteiger partial charge in [0.1, 0.15) is 0 Å². The smallest absolute Gasteiger partial charge is 0.299 e. The first kappa shape index (κ1) is 11.8. The predicted molar refractivity (Wildman–Crippen MR) is 64.0 cm³/mol. The van der Waals surface area contributed by atoms with Gasteiger partial charge in [-0.05, 0) is 32.4 Å². The number of hydrogen-bond donors (Lipinski definition) is 1. The lowest BCUT2D eigenvalue weighted by Crippen LogP contribution is -2.34. The van der Waals surface area contributed by atoms with Gasteiger partial charge in [-0.15, -0.1) is 0 Å². The van der Waals surface area contributed by atoms with Crippen molar-refractivity contribution in [2.75, 3.05) is 11.4 Å². The van der Waals surface area contributed by atoms with Crippen molar-refractivity contribution in [3.63, 3.8) is 0 Å². The first-order valence-electron chi connectivity index (χ1n) is 5.58. The number of aliphatic hydroxyl groups is 1. The van der Waals surface area contributed by atoms with Gasteiger partial charge in [-0.2, -0.15) is 0 Å². The lowest BCUT2D eigenvalue weighted by Gasteiger charge is -2.22. The average molecular weight is 233 g/mol. The summed E-state index contributed by atoms with van der Waals surface area (Å²) in [6.07, 6.45) is 0.431. The van der Waals surface area contributed by atoms with Crippen LogP contribution >= 0.6 is 0 Å². The molecule has 1 aromatic rings. The van der Waals surface area contributed by atoms with Crippen LogP contribution in [0, 0.1) is 0 Å². The lowest BCUT2D eigenvalue weighted by atomic mass is 10.1. The number of Topliss-reactive ketones (excluding diaryl/α,β-unsaturated/α-hetero) is 1. The lowest BCUT2D eigenvalue weighted by molar-refractivity contribution is -0.114. The fraction of sp³-hybridized carbons (Fsp3) is 0.385. The van der Waals surface area contributed by atoms with Crippen molar-refractivity contribution in [3.05, 3.63) is 29.8 Å². The van der Waals surface area contributed by atoms with E-state index in [1.165, 1.54) is 4.90 Å². The van der Waals surface area contributed by atoms with E-state index in [0.717, 1.165) is 0 Å². The third kappa shape index (κ3) is 2.22. The van der Waals surface area contributed by atoms with Crippen LogP contribution < -0.4 is 4.90 Å². The Hall–Kier alpha value is -1.68. The van der Waals surface area contributed by atoms with Crippen LogP contribution in [0.5, 0.6) is 0 Å². The van der Waals surface area contributed by atoms with E-state index in [-0.39, 0.29) is 0 Å². The van der Waals surface area contributed by atoms with Crippen molar-refractivity contribution < 1.29 is 14.7 Å². The van der Waals surface area contributed by atoms with Gasteiger partial charge in [-0.25, -0.2) is 0 Å². The van der Waals surface area contributed by atoms with Crippen molar-refractivity contribution in [2.45, 2.75) is 25.9 Å². The van der Waals surface area contributed by atoms with Crippen molar-refractivity contribution in [1.82, 2.24) is 0 Å². The Kier molecular flexibility index (Phi) is 2.75. The van der Waals surface area contributed by atoms with Crippen LogP contribution in [0.4, 0.5) is 5.69 Å². The van der Waals surface area contributed by atoms with Crippen LogP contribution in [-0.4, -0.2) is 28.9 Å². The molecule has 0 fully saturated rings. The summed E-state index contributed by atoms with van der Waals surface area (Å²) in [6.45, 7) is 3.72. The first-order valence-corrected chi connectivity index (χ1v) is 5.58. The summed E-state index contributed by atoms with van der Waals surface area (Å²) in [5.41, 5.74) is 0.251. The van der Waals surface area contributed by atoms with E-state index >= 15 is 0 Å². The quantitative estimate of drug-likeness (QED) is 0.802. The highest BCUT2D eigenvalue weighted by Crippen LogP contribution is 2.29. The summed E-state index contributed by atoms with van der Waals surface area (Å²) in [6, 6.07) is 6.94. The highest BCUT2D eigenvalue weighted by molar-refractivity contribution is 6.52. The van der Waals surface area contributed by atoms with Crippen molar-refractivity contribution in [2.24, 2.45) is 0 Å². The van der Waals surface area contributed by atoms with Gasteiger partial charge in [-0.3, -0.25) is 9.59 Å². The van der Waals surface area contributed by atoms with Crippen LogP contribution in [0.1, 0.15) is 30.6 Å². The summed E-state index contributed by atoms with van der Waals surface area (Å²) in [4.78, 5) is 24.9. The van der Waals surface area contributed by atoms with E-state index in [4.69, 9.17) is 0 Å². The number of carbonyl (C=O) groups excluding carboxylic acids is 2. The van der Waals surface area contributed by atoms with E-state index in [2.05, 4.69) is 0 Å². The molecule has 0 aliphatic carbocycles. The third-order valence-corrected chi connectivity index (χ3v) is 2.83. The van der Waals surface area contributed by atoms with E-state index in [1.54, 1.807) is 38.1 Å². The summed E-state index contributed by atoms with van der Waals surface area (Å²) in [5, 5.41) is 9.66. The molecule has 0 unspecified atom stereocenters. The SMILES string of the molecule is CC(C)(O)CCN1C(=O)C(=O)c2ccccc21. The summed E-state index contributed by atoms with van der Waals surface area (Å²) in [7, 11) is 0. The van der Waals surface area contributed by atoms with E-state index < -0.39 is 17.3 Å². The Morgan fingerprint density at radius 2 is 1.88 bits per heavy atom. The fourth-order valence-electron chi connectivity index (χ4n) is 1.86. The molecule has 0 spiro atoms. The minimum absolute atomic E-state index is 0.352. The summed E-state index contributed by atoms with van der Waals surface area (Å²) < 4.78 is 0. The average Bonchev–Trinajstić information content (AvgIpc) is 2.49. The van der Waals surface area contributed by atoms with Gasteiger partial charge in [0.15, 0.2) is 0 Å². The molecule has 0 atom stereocenters. The normalized spacial score (nSPS) is 15.4. The van der Waals surface area contributed by atoms with Crippen LogP contribution in [0.25, 0.3) is 0 Å². The van der Waals surface area contributed by atoms with Crippen LogP contribution in [0.15, 0.2) is 24.3 Å². The zero-order valence-corrected chi connectivity index (χ0v) is 9.93. The standard InChI is InChI=1S/C13H15NO3/c1-13(2,17)7-8-14-10-6-4-3-5-9(10)11(15)12(14)16/h3-6,17H,7-8H2,1-2H3. The van der Waals surface area contributed by atoms with Crippen LogP contribution in [-0.2, 0) is 4.79 Å². The second-order valence-corrected chi connectivity index (χ2v) is 4.87. The molecule has 17 heavy (non-hydrogen) atoms. The molecule has 0 saturated carbocycles. The third-order valence-electron chi connectivity index (χ3n) is 2.83. The highest BCUT2D eigenvalue weighted by Gasteiger charge is 2.35. The first-order chi connectivity index (χ1) is 7.90. The topological polar surface area (TPSA) is 57.6 Å². The molecule has 2 rings (SSSR count). The molecule has 0 saturated heterocycles. The molecule has 4 nitrogen and oxygen atoms in total. The van der Waals surface area contributed by atoms with Crippen LogP contribution in [0.3, 0.4) is 0 Å². The number of amides is 1. The molecule has 1 aliphatic rings. The molecule has 90 valence electrons. The second-order valence-electron chi connectivity index (χ2n) is 4.87. The Labute approximate surface area is 99.9 Å². The number of ketones is 1. The molecule has 1 N–H and O–H groups in total. The Balaban J connectivity index is 2.25.